The number of methoxy groups -OCH3 is 1. The Kier molecular flexibility index (Phi) is 8.10. The first-order valence-electron chi connectivity index (χ1n) is 11.6. The second kappa shape index (κ2) is 11.2. The summed E-state index contributed by atoms with van der Waals surface area (Å²) in [6, 6.07) is 9.39. The molecule has 1 fully saturated rings. The van der Waals surface area contributed by atoms with E-state index in [9.17, 15) is 14.3 Å². The van der Waals surface area contributed by atoms with Gasteiger partial charge in [0.2, 0.25) is 0 Å². The molecule has 0 bridgehead atoms. The highest BCUT2D eigenvalue weighted by Crippen LogP contribution is 2.33. The van der Waals surface area contributed by atoms with Gasteiger partial charge in [0.1, 0.15) is 12.2 Å². The van der Waals surface area contributed by atoms with E-state index in [2.05, 4.69) is 10.3 Å². The first-order chi connectivity index (χ1) is 17.0. The second-order valence-corrected chi connectivity index (χ2v) is 8.83. The fourth-order valence-electron chi connectivity index (χ4n) is 4.49. The summed E-state index contributed by atoms with van der Waals surface area (Å²) in [6.45, 7) is 2.20. The molecule has 8 nitrogen and oxygen atoms in total. The predicted molar refractivity (Wildman–Crippen MR) is 131 cm³/mol. The van der Waals surface area contributed by atoms with Crippen LogP contribution in [-0.2, 0) is 4.74 Å². The van der Waals surface area contributed by atoms with Gasteiger partial charge in [-0.3, -0.25) is 4.79 Å². The molecule has 10 heteroatoms. The van der Waals surface area contributed by atoms with Crippen molar-refractivity contribution in [3.8, 4) is 5.75 Å². The fourth-order valence-corrected chi connectivity index (χ4v) is 4.69. The lowest BCUT2D eigenvalue weighted by atomic mass is 10.1. The molecule has 0 spiro atoms. The average molecular weight is 506 g/mol. The molecule has 1 aliphatic rings. The molecule has 4 rings (SSSR count). The number of halogens is 2. The number of alkyl halides is 1. The Bertz CT molecular complexity index is 1170. The number of hydrogen-bond donors (Lipinski definition) is 2. The number of carbonyl (C=O) groups excluding carboxylic acids is 1. The van der Waals surface area contributed by atoms with Gasteiger partial charge < -0.3 is 29.2 Å². The molecule has 2 heterocycles. The lowest BCUT2D eigenvalue weighted by Crippen LogP contribution is -2.36. The highest BCUT2D eigenvalue weighted by molar-refractivity contribution is 6.30. The fraction of sp³-hybridized carbons (Fsp3) is 0.440. The van der Waals surface area contributed by atoms with Gasteiger partial charge in [-0.05, 0) is 49.6 Å². The van der Waals surface area contributed by atoms with Gasteiger partial charge in [0, 0.05) is 36.4 Å². The van der Waals surface area contributed by atoms with Crippen LogP contribution in [0, 0.1) is 0 Å². The van der Waals surface area contributed by atoms with E-state index in [-0.39, 0.29) is 30.7 Å². The Morgan fingerprint density at radius 2 is 2.23 bits per heavy atom. The summed E-state index contributed by atoms with van der Waals surface area (Å²) in [5, 5.41) is 12.9. The standard InChI is InChI=1S/C25H29ClFN3O5/c1-3-34-19-12-18(7-8-31)30(14-19)24(32)16-10-20-23(22(11-16)33-2)35-25(28-20)29-21(13-27)15-5-4-6-17(26)9-15/h4-6,9-11,18-19,21,31H,3,7-8,12-14H2,1-2H3,(H,28,29)/t18?,19-,21?/m1/s1. The quantitative estimate of drug-likeness (QED) is 0.415. The maximum Gasteiger partial charge on any atom is 0.296 e. The van der Waals surface area contributed by atoms with Crippen molar-refractivity contribution in [1.82, 2.24) is 9.88 Å². The lowest BCUT2D eigenvalue weighted by Gasteiger charge is -2.24. The Morgan fingerprint density at radius 1 is 1.40 bits per heavy atom. The largest absolute Gasteiger partial charge is 0.493 e. The van der Waals surface area contributed by atoms with Gasteiger partial charge in [-0.15, -0.1) is 0 Å². The smallest absolute Gasteiger partial charge is 0.296 e. The predicted octanol–water partition coefficient (Wildman–Crippen LogP) is 4.61. The second-order valence-electron chi connectivity index (χ2n) is 8.39. The summed E-state index contributed by atoms with van der Waals surface area (Å²) in [6.07, 6.45) is 1.07. The molecule has 35 heavy (non-hydrogen) atoms. The topological polar surface area (TPSA) is 97.1 Å². The van der Waals surface area contributed by atoms with Crippen LogP contribution in [-0.4, -0.2) is 66.6 Å². The summed E-state index contributed by atoms with van der Waals surface area (Å²) >= 11 is 6.05. The Hall–Kier alpha value is -2.88. The van der Waals surface area contributed by atoms with Crippen LogP contribution in [0.2, 0.25) is 5.02 Å². The first kappa shape index (κ1) is 25.2. The Balaban J connectivity index is 1.61. The number of carbonyl (C=O) groups is 1. The van der Waals surface area contributed by atoms with Crippen LogP contribution in [0.15, 0.2) is 40.8 Å². The summed E-state index contributed by atoms with van der Waals surface area (Å²) in [7, 11) is 1.48. The number of rotatable bonds is 10. The molecule has 2 aromatic carbocycles. The van der Waals surface area contributed by atoms with Crippen LogP contribution < -0.4 is 10.1 Å². The van der Waals surface area contributed by atoms with Gasteiger partial charge in [0.25, 0.3) is 11.9 Å². The molecule has 1 aromatic heterocycles. The van der Waals surface area contributed by atoms with Crippen molar-refractivity contribution in [2.24, 2.45) is 0 Å². The molecule has 2 N–H and O–H groups in total. The molecule has 3 aromatic rings. The number of aliphatic hydroxyl groups is 1. The third-order valence-corrected chi connectivity index (χ3v) is 6.36. The van der Waals surface area contributed by atoms with Gasteiger partial charge in [-0.1, -0.05) is 23.7 Å². The zero-order valence-electron chi connectivity index (χ0n) is 19.7. The van der Waals surface area contributed by atoms with E-state index in [0.717, 1.165) is 0 Å². The highest BCUT2D eigenvalue weighted by atomic mass is 35.5. The minimum Gasteiger partial charge on any atom is -0.493 e. The van der Waals surface area contributed by atoms with E-state index in [4.69, 9.17) is 25.5 Å². The Labute approximate surface area is 208 Å². The van der Waals surface area contributed by atoms with Gasteiger partial charge in [0.15, 0.2) is 11.3 Å². The number of aromatic nitrogens is 1. The number of likely N-dealkylation sites (tertiary alicyclic amines) is 1. The van der Waals surface area contributed by atoms with Crippen LogP contribution in [0.4, 0.5) is 10.4 Å². The van der Waals surface area contributed by atoms with Gasteiger partial charge in [0.05, 0.1) is 19.3 Å². The van der Waals surface area contributed by atoms with Gasteiger partial charge in [-0.25, -0.2) is 4.39 Å². The minimum atomic E-state index is -0.715. The number of benzene rings is 2. The van der Waals surface area contributed by atoms with E-state index < -0.39 is 12.7 Å². The number of nitrogens with zero attached hydrogens (tertiary/aromatic N) is 2. The molecule has 188 valence electrons. The maximum atomic E-state index is 13.8. The zero-order valence-corrected chi connectivity index (χ0v) is 20.4. The van der Waals surface area contributed by atoms with Gasteiger partial charge in [-0.2, -0.15) is 4.98 Å². The lowest BCUT2D eigenvalue weighted by molar-refractivity contribution is 0.0587. The molecule has 1 aliphatic heterocycles. The molecule has 3 atom stereocenters. The molecule has 0 aliphatic carbocycles. The van der Waals surface area contributed by atoms with E-state index >= 15 is 0 Å². The van der Waals surface area contributed by atoms with Crippen LogP contribution >= 0.6 is 11.6 Å². The number of anilines is 1. The van der Waals surface area contributed by atoms with Crippen molar-refractivity contribution in [2.45, 2.75) is 38.0 Å². The van der Waals surface area contributed by atoms with E-state index in [1.54, 1.807) is 41.3 Å². The van der Waals surface area contributed by atoms with Crippen molar-refractivity contribution in [3.05, 3.63) is 52.5 Å². The maximum absolute atomic E-state index is 13.8. The summed E-state index contributed by atoms with van der Waals surface area (Å²) < 4.78 is 30.8. The Morgan fingerprint density at radius 3 is 2.91 bits per heavy atom. The highest BCUT2D eigenvalue weighted by Gasteiger charge is 2.36. The molecular formula is C25H29ClFN3O5. The third kappa shape index (κ3) is 5.52. The van der Waals surface area contributed by atoms with Crippen LogP contribution in [0.5, 0.6) is 5.75 Å². The monoisotopic (exact) mass is 505 g/mol. The third-order valence-electron chi connectivity index (χ3n) is 6.13. The van der Waals surface area contributed by atoms with Crippen molar-refractivity contribution >= 4 is 34.6 Å². The van der Waals surface area contributed by atoms with E-state index in [1.165, 1.54) is 7.11 Å². The molecular weight excluding hydrogens is 477 g/mol. The molecule has 0 radical (unpaired) electrons. The number of fused-ring (bicyclic) bond motifs is 1. The molecule has 2 unspecified atom stereocenters. The van der Waals surface area contributed by atoms with E-state index in [1.807, 2.05) is 6.92 Å². The summed E-state index contributed by atoms with van der Waals surface area (Å²) in [5.41, 5.74) is 1.78. The number of amides is 1. The van der Waals surface area contributed by atoms with Crippen LogP contribution in [0.25, 0.3) is 11.1 Å². The van der Waals surface area contributed by atoms with Gasteiger partial charge >= 0.3 is 0 Å². The van der Waals surface area contributed by atoms with Crippen LogP contribution in [0.1, 0.15) is 41.7 Å². The first-order valence-corrected chi connectivity index (χ1v) is 11.9. The van der Waals surface area contributed by atoms with Crippen molar-refractivity contribution in [1.29, 1.82) is 0 Å². The van der Waals surface area contributed by atoms with E-state index in [0.29, 0.717) is 59.0 Å². The average Bonchev–Trinajstić information content (AvgIpc) is 3.45. The SMILES string of the molecule is CCO[C@@H]1CC(CCO)N(C(=O)c2cc(OC)c3oc(NC(CF)c4cccc(Cl)c4)nc3c2)C1. The van der Waals surface area contributed by atoms with Crippen molar-refractivity contribution < 1.29 is 28.2 Å². The summed E-state index contributed by atoms with van der Waals surface area (Å²) in [5.74, 6) is 0.133. The number of aliphatic hydroxyl groups excluding tert-OH is 1. The summed E-state index contributed by atoms with van der Waals surface area (Å²) in [4.78, 5) is 19.6. The zero-order chi connectivity index (χ0) is 24.9. The molecule has 0 saturated carbocycles. The normalized spacial score (nSPS) is 18.7. The minimum absolute atomic E-state index is 0.0175. The molecule has 1 amide bonds. The van der Waals surface area contributed by atoms with Crippen LogP contribution in [0.3, 0.4) is 0 Å². The number of hydrogen-bond acceptors (Lipinski definition) is 7. The number of ether oxygens (including phenoxy) is 2. The molecule has 1 saturated heterocycles. The number of nitrogens with one attached hydrogen (secondary N) is 1. The number of oxazole rings is 1. The van der Waals surface area contributed by atoms with Crippen molar-refractivity contribution in [2.75, 3.05) is 38.9 Å². The van der Waals surface area contributed by atoms with Crippen molar-refractivity contribution in [3.63, 3.8) is 0 Å².